The summed E-state index contributed by atoms with van der Waals surface area (Å²) < 4.78 is 2.57. The molecule has 6 heteroatoms. The molecule has 0 radical (unpaired) electrons. The maximum absolute atomic E-state index is 12.2. The van der Waals surface area contributed by atoms with Crippen LogP contribution in [0.3, 0.4) is 0 Å². The number of pyridine rings is 1. The van der Waals surface area contributed by atoms with Crippen LogP contribution in [-0.2, 0) is 13.6 Å². The van der Waals surface area contributed by atoms with Crippen molar-refractivity contribution in [3.8, 4) is 11.3 Å². The first-order valence-electron chi connectivity index (χ1n) is 7.11. The smallest absolute Gasteiger partial charge is 0.252 e. The lowest BCUT2D eigenvalue weighted by molar-refractivity contribution is 0.0949. The summed E-state index contributed by atoms with van der Waals surface area (Å²) in [6.07, 6.45) is 3.49. The molecule has 0 fully saturated rings. The minimum atomic E-state index is -0.131. The second-order valence-electron chi connectivity index (χ2n) is 5.04. The van der Waals surface area contributed by atoms with Crippen LogP contribution in [-0.4, -0.2) is 20.7 Å². The van der Waals surface area contributed by atoms with Gasteiger partial charge in [-0.25, -0.2) is 0 Å². The van der Waals surface area contributed by atoms with Crippen LogP contribution in [0.1, 0.15) is 16.1 Å². The Kier molecular flexibility index (Phi) is 4.52. The monoisotopic (exact) mass is 370 g/mol. The lowest BCUT2D eigenvalue weighted by Crippen LogP contribution is -2.23. The number of carbonyl (C=O) groups is 1. The number of hydrogen-bond donors (Lipinski definition) is 1. The Balaban J connectivity index is 1.72. The first-order chi connectivity index (χ1) is 11.1. The molecule has 23 heavy (non-hydrogen) atoms. The normalized spacial score (nSPS) is 10.5. The number of nitrogens with one attached hydrogen (secondary N) is 1. The Morgan fingerprint density at radius 2 is 1.96 bits per heavy atom. The summed E-state index contributed by atoms with van der Waals surface area (Å²) in [5.74, 6) is -0.131. The third-order valence-electron chi connectivity index (χ3n) is 3.46. The van der Waals surface area contributed by atoms with Gasteiger partial charge in [0.1, 0.15) is 0 Å². The van der Waals surface area contributed by atoms with Crippen LogP contribution >= 0.6 is 15.9 Å². The minimum Gasteiger partial charge on any atom is -0.346 e. The number of aryl methyl sites for hydroxylation is 1. The van der Waals surface area contributed by atoms with E-state index in [0.717, 1.165) is 21.4 Å². The second-order valence-corrected chi connectivity index (χ2v) is 5.90. The Hall–Kier alpha value is -2.47. The standard InChI is InChI=1S/C17H15BrN4O/c1-22-16(12-6-8-19-9-7-12)10-13(21-22)11-20-17(23)14-4-2-3-5-15(14)18/h2-10H,11H2,1H3,(H,20,23). The van der Waals surface area contributed by atoms with E-state index in [1.807, 2.05) is 43.4 Å². The highest BCUT2D eigenvalue weighted by atomic mass is 79.9. The van der Waals surface area contributed by atoms with Crippen molar-refractivity contribution in [3.63, 3.8) is 0 Å². The molecule has 0 saturated carbocycles. The quantitative estimate of drug-likeness (QED) is 0.767. The number of rotatable bonds is 4. The molecule has 2 aromatic heterocycles. The zero-order valence-electron chi connectivity index (χ0n) is 12.5. The van der Waals surface area contributed by atoms with E-state index in [1.165, 1.54) is 0 Å². The minimum absolute atomic E-state index is 0.131. The number of amides is 1. The van der Waals surface area contributed by atoms with Gasteiger partial charge in [-0.2, -0.15) is 5.10 Å². The molecule has 0 spiro atoms. The van der Waals surface area contributed by atoms with E-state index in [4.69, 9.17) is 0 Å². The molecule has 0 aliphatic rings. The average Bonchev–Trinajstić information content (AvgIpc) is 2.95. The third kappa shape index (κ3) is 3.48. The summed E-state index contributed by atoms with van der Waals surface area (Å²) in [5, 5.41) is 7.34. The number of hydrogen-bond acceptors (Lipinski definition) is 3. The van der Waals surface area contributed by atoms with E-state index in [2.05, 4.69) is 31.3 Å². The van der Waals surface area contributed by atoms with Gasteiger partial charge in [0, 0.05) is 29.5 Å². The van der Waals surface area contributed by atoms with Crippen molar-refractivity contribution in [2.45, 2.75) is 6.54 Å². The summed E-state index contributed by atoms with van der Waals surface area (Å²) in [6, 6.07) is 13.2. The highest BCUT2D eigenvalue weighted by Gasteiger charge is 2.11. The predicted molar refractivity (Wildman–Crippen MR) is 91.8 cm³/mol. The van der Waals surface area contributed by atoms with Crippen molar-refractivity contribution in [3.05, 3.63) is 70.6 Å². The topological polar surface area (TPSA) is 59.8 Å². The largest absolute Gasteiger partial charge is 0.346 e. The van der Waals surface area contributed by atoms with Crippen molar-refractivity contribution < 1.29 is 4.79 Å². The number of halogens is 1. The van der Waals surface area contributed by atoms with Gasteiger partial charge in [-0.15, -0.1) is 0 Å². The molecular weight excluding hydrogens is 356 g/mol. The second kappa shape index (κ2) is 6.75. The summed E-state index contributed by atoms with van der Waals surface area (Å²) in [4.78, 5) is 16.2. The van der Waals surface area contributed by atoms with Gasteiger partial charge in [0.2, 0.25) is 0 Å². The fourth-order valence-electron chi connectivity index (χ4n) is 2.32. The Morgan fingerprint density at radius 1 is 1.22 bits per heavy atom. The van der Waals surface area contributed by atoms with Crippen LogP contribution in [0.25, 0.3) is 11.3 Å². The lowest BCUT2D eigenvalue weighted by Gasteiger charge is -2.04. The van der Waals surface area contributed by atoms with E-state index >= 15 is 0 Å². The molecule has 0 aliphatic carbocycles. The van der Waals surface area contributed by atoms with Gasteiger partial charge >= 0.3 is 0 Å². The Morgan fingerprint density at radius 3 is 2.70 bits per heavy atom. The van der Waals surface area contributed by atoms with Gasteiger partial charge in [0.25, 0.3) is 5.91 Å². The van der Waals surface area contributed by atoms with E-state index in [9.17, 15) is 4.79 Å². The van der Waals surface area contributed by atoms with Crippen LogP contribution in [0.5, 0.6) is 0 Å². The van der Waals surface area contributed by atoms with Crippen LogP contribution < -0.4 is 5.32 Å². The fourth-order valence-corrected chi connectivity index (χ4v) is 2.78. The van der Waals surface area contributed by atoms with Gasteiger partial charge in [0.05, 0.1) is 23.5 Å². The van der Waals surface area contributed by atoms with Gasteiger partial charge < -0.3 is 5.32 Å². The van der Waals surface area contributed by atoms with Gasteiger partial charge in [-0.3, -0.25) is 14.5 Å². The molecular formula is C17H15BrN4O. The molecule has 5 nitrogen and oxygen atoms in total. The molecule has 0 bridgehead atoms. The first-order valence-corrected chi connectivity index (χ1v) is 7.90. The molecule has 2 heterocycles. The summed E-state index contributed by atoms with van der Waals surface area (Å²) in [5.41, 5.74) is 3.44. The van der Waals surface area contributed by atoms with Crippen LogP contribution in [0.2, 0.25) is 0 Å². The predicted octanol–water partition coefficient (Wildman–Crippen LogP) is 3.17. The van der Waals surface area contributed by atoms with Crippen molar-refractivity contribution in [1.82, 2.24) is 20.1 Å². The van der Waals surface area contributed by atoms with Crippen molar-refractivity contribution in [1.29, 1.82) is 0 Å². The average molecular weight is 371 g/mol. The van der Waals surface area contributed by atoms with E-state index in [-0.39, 0.29) is 5.91 Å². The molecule has 1 aromatic carbocycles. The van der Waals surface area contributed by atoms with E-state index in [1.54, 1.807) is 23.1 Å². The number of nitrogens with zero attached hydrogens (tertiary/aromatic N) is 3. The van der Waals surface area contributed by atoms with Crippen LogP contribution in [0, 0.1) is 0 Å². The van der Waals surface area contributed by atoms with Gasteiger partial charge in [-0.05, 0) is 46.3 Å². The molecule has 3 aromatic rings. The molecule has 0 atom stereocenters. The maximum atomic E-state index is 12.2. The molecule has 1 N–H and O–H groups in total. The maximum Gasteiger partial charge on any atom is 0.252 e. The Labute approximate surface area is 142 Å². The highest BCUT2D eigenvalue weighted by molar-refractivity contribution is 9.10. The van der Waals surface area contributed by atoms with Gasteiger partial charge in [0.15, 0.2) is 0 Å². The zero-order valence-corrected chi connectivity index (χ0v) is 14.1. The SMILES string of the molecule is Cn1nc(CNC(=O)c2ccccc2Br)cc1-c1ccncc1. The van der Waals surface area contributed by atoms with E-state index < -0.39 is 0 Å². The lowest BCUT2D eigenvalue weighted by atomic mass is 10.2. The number of aromatic nitrogens is 3. The summed E-state index contributed by atoms with van der Waals surface area (Å²) >= 11 is 3.38. The van der Waals surface area contributed by atoms with Crippen LogP contribution in [0.15, 0.2) is 59.3 Å². The molecule has 0 aliphatic heterocycles. The number of benzene rings is 1. The zero-order chi connectivity index (χ0) is 16.2. The summed E-state index contributed by atoms with van der Waals surface area (Å²) in [6.45, 7) is 0.374. The van der Waals surface area contributed by atoms with Crippen molar-refractivity contribution in [2.75, 3.05) is 0 Å². The number of carbonyl (C=O) groups excluding carboxylic acids is 1. The van der Waals surface area contributed by atoms with Gasteiger partial charge in [-0.1, -0.05) is 12.1 Å². The van der Waals surface area contributed by atoms with Crippen molar-refractivity contribution in [2.24, 2.45) is 7.05 Å². The highest BCUT2D eigenvalue weighted by Crippen LogP contribution is 2.19. The molecule has 1 amide bonds. The van der Waals surface area contributed by atoms with Crippen LogP contribution in [0.4, 0.5) is 0 Å². The van der Waals surface area contributed by atoms with E-state index in [0.29, 0.717) is 12.1 Å². The molecule has 116 valence electrons. The first kappa shape index (κ1) is 15.4. The Bertz CT molecular complexity index is 830. The third-order valence-corrected chi connectivity index (χ3v) is 4.15. The fraction of sp³-hybridized carbons (Fsp3) is 0.118. The summed E-state index contributed by atoms with van der Waals surface area (Å²) in [7, 11) is 1.88. The molecule has 0 unspecified atom stereocenters. The molecule has 0 saturated heterocycles. The molecule has 3 rings (SSSR count). The van der Waals surface area contributed by atoms with Crippen molar-refractivity contribution >= 4 is 21.8 Å².